The zero-order chi connectivity index (χ0) is 3.58. The van der Waals surface area contributed by atoms with E-state index in [1.807, 2.05) is 0 Å². The molecule has 0 aromatic rings. The molecule has 0 bridgehead atoms. The Morgan fingerprint density at radius 1 is 1.38 bits per heavy atom. The predicted octanol–water partition coefficient (Wildman–Crippen LogP) is -10.9. The summed E-state index contributed by atoms with van der Waals surface area (Å²) in [5.74, 6) is 0. The summed E-state index contributed by atoms with van der Waals surface area (Å²) in [4.78, 5) is 8.44. The molecule has 8 heavy (non-hydrogen) atoms. The van der Waals surface area contributed by atoms with Crippen LogP contribution in [0.15, 0.2) is 0 Å². The first kappa shape index (κ1) is 31.5. The van der Waals surface area contributed by atoms with Gasteiger partial charge in [-0.3, -0.25) is 0 Å². The Hall–Kier alpha value is 2.43. The molecule has 0 aliphatic heterocycles. The first-order valence-corrected chi connectivity index (χ1v) is 0.632. The molecule has 0 fully saturated rings. The Labute approximate surface area is 131 Å². The quantitative estimate of drug-likeness (QED) is 0.371. The third-order valence-corrected chi connectivity index (χ3v) is 0. The van der Waals surface area contributed by atoms with E-state index < -0.39 is 6.16 Å². The van der Waals surface area contributed by atoms with Crippen molar-refractivity contribution in [3.63, 3.8) is 0 Å². The summed E-state index contributed by atoms with van der Waals surface area (Å²) in [5.41, 5.74) is 0. The van der Waals surface area contributed by atoms with E-state index in [1.165, 1.54) is 0 Å². The molecule has 0 atom stereocenters. The Bertz CT molecular complexity index is 37.0. The van der Waals surface area contributed by atoms with Gasteiger partial charge in [0.2, 0.25) is 6.16 Å². The van der Waals surface area contributed by atoms with Gasteiger partial charge < -0.3 is 25.2 Å². The first-order chi connectivity index (χ1) is 1.73. The fourth-order valence-electron chi connectivity index (χ4n) is 0. The van der Waals surface area contributed by atoms with Gasteiger partial charge in [-0.15, -0.1) is 0 Å². The zero-order valence-electron chi connectivity index (χ0n) is 4.64. The van der Waals surface area contributed by atoms with Crippen molar-refractivity contribution < 1.29 is 128 Å². The second-order valence-electron chi connectivity index (χ2n) is 0.266. The maximum absolute atomic E-state index is 8.44. The Kier molecular flexibility index (Phi) is 89.3. The summed E-state index contributed by atoms with van der Waals surface area (Å²) in [7, 11) is 0. The van der Waals surface area contributed by atoms with Gasteiger partial charge in [-0.1, -0.05) is 0 Å². The summed E-state index contributed by atoms with van der Waals surface area (Å²) in [6.07, 6.45) is -2.08. The zero-order valence-corrected chi connectivity index (χ0v) is 10.9. The van der Waals surface area contributed by atoms with Gasteiger partial charge in [-0.2, -0.15) is 0 Å². The van der Waals surface area contributed by atoms with Gasteiger partial charge in [0.05, 0.1) is 0 Å². The van der Waals surface area contributed by atoms with E-state index in [0.717, 1.165) is 0 Å². The maximum Gasteiger partial charge on any atom is 1.00 e. The van der Waals surface area contributed by atoms with Crippen molar-refractivity contribution in [3.8, 4) is 0 Å². The SMILES string of the molecule is O.O=C([O-])O.[F-].[K+].[K+]. The van der Waals surface area contributed by atoms with Crippen LogP contribution in [0.4, 0.5) is 4.79 Å². The molecule has 0 spiro atoms. The van der Waals surface area contributed by atoms with Crippen molar-refractivity contribution in [2.75, 3.05) is 0 Å². The summed E-state index contributed by atoms with van der Waals surface area (Å²) in [6, 6.07) is 0. The van der Waals surface area contributed by atoms with Crippen LogP contribution < -0.4 is 113 Å². The molecule has 0 rings (SSSR count). The molecule has 3 N–H and O–H groups in total. The monoisotopic (exact) mass is 176 g/mol. The fourth-order valence-corrected chi connectivity index (χ4v) is 0. The van der Waals surface area contributed by atoms with Crippen LogP contribution in [0.1, 0.15) is 0 Å². The van der Waals surface area contributed by atoms with Gasteiger partial charge in [0, 0.05) is 0 Å². The van der Waals surface area contributed by atoms with Crippen molar-refractivity contribution in [1.29, 1.82) is 0 Å². The minimum Gasteiger partial charge on any atom is -1.00 e. The van der Waals surface area contributed by atoms with Crippen molar-refractivity contribution in [3.05, 3.63) is 0 Å². The molecule has 0 heterocycles. The molecule has 0 aliphatic rings. The second-order valence-corrected chi connectivity index (χ2v) is 0.266. The van der Waals surface area contributed by atoms with E-state index >= 15 is 0 Å². The summed E-state index contributed by atoms with van der Waals surface area (Å²) in [6.45, 7) is 0. The molecular weight excluding hydrogens is 173 g/mol. The third kappa shape index (κ3) is 78.7. The van der Waals surface area contributed by atoms with Crippen LogP contribution >= 0.6 is 0 Å². The average Bonchev–Trinajstić information content (AvgIpc) is 0.811. The number of carboxylic acid groups (broad SMARTS) is 2. The Morgan fingerprint density at radius 2 is 1.38 bits per heavy atom. The van der Waals surface area contributed by atoms with E-state index in [0.29, 0.717) is 0 Å². The van der Waals surface area contributed by atoms with Gasteiger partial charge >= 0.3 is 103 Å². The Balaban J connectivity index is -0.00000000750. The molecular formula is CH3FK2O4. The van der Waals surface area contributed by atoms with Crippen molar-refractivity contribution in [2.24, 2.45) is 0 Å². The normalized spacial score (nSPS) is 3.00. The Morgan fingerprint density at radius 3 is 1.38 bits per heavy atom. The molecule has 40 valence electrons. The number of carbonyl (C=O) groups is 1. The molecule has 0 unspecified atom stereocenters. The maximum atomic E-state index is 8.44. The molecule has 0 radical (unpaired) electrons. The average molecular weight is 176 g/mol. The molecule has 0 amide bonds. The topological polar surface area (TPSA) is 91.9 Å². The van der Waals surface area contributed by atoms with E-state index in [-0.39, 0.29) is 113 Å². The van der Waals surface area contributed by atoms with Crippen molar-refractivity contribution in [1.82, 2.24) is 0 Å². The minimum absolute atomic E-state index is 0. The summed E-state index contributed by atoms with van der Waals surface area (Å²) in [5, 5.41) is 15.3. The molecule has 0 saturated carbocycles. The van der Waals surface area contributed by atoms with Crippen molar-refractivity contribution >= 4 is 6.16 Å². The van der Waals surface area contributed by atoms with Gasteiger partial charge in [-0.05, 0) is 0 Å². The fraction of sp³-hybridized carbons (Fsp3) is 0. The summed E-state index contributed by atoms with van der Waals surface area (Å²) >= 11 is 0. The van der Waals surface area contributed by atoms with E-state index in [1.54, 1.807) is 0 Å². The van der Waals surface area contributed by atoms with E-state index in [2.05, 4.69) is 0 Å². The van der Waals surface area contributed by atoms with Crippen LogP contribution in [0.5, 0.6) is 0 Å². The van der Waals surface area contributed by atoms with E-state index in [4.69, 9.17) is 15.0 Å². The molecule has 0 aromatic heterocycles. The number of hydrogen-bond donors (Lipinski definition) is 1. The largest absolute Gasteiger partial charge is 1.00 e. The second kappa shape index (κ2) is 22.7. The molecule has 4 nitrogen and oxygen atoms in total. The number of halogens is 1. The van der Waals surface area contributed by atoms with Crippen LogP contribution in [0.3, 0.4) is 0 Å². The summed E-state index contributed by atoms with van der Waals surface area (Å²) < 4.78 is 0. The molecule has 0 saturated heterocycles. The predicted molar refractivity (Wildman–Crippen MR) is 11.6 cm³/mol. The smallest absolute Gasteiger partial charge is 1.00 e. The number of hydrogen-bond acceptors (Lipinski definition) is 2. The van der Waals surface area contributed by atoms with Gasteiger partial charge in [0.25, 0.3) is 0 Å². The molecule has 0 aromatic carbocycles. The van der Waals surface area contributed by atoms with Gasteiger partial charge in [0.15, 0.2) is 0 Å². The molecule has 0 aliphatic carbocycles. The van der Waals surface area contributed by atoms with Gasteiger partial charge in [0.1, 0.15) is 0 Å². The van der Waals surface area contributed by atoms with Gasteiger partial charge in [-0.25, -0.2) is 0 Å². The van der Waals surface area contributed by atoms with Crippen LogP contribution in [0, 0.1) is 0 Å². The van der Waals surface area contributed by atoms with Crippen molar-refractivity contribution in [2.45, 2.75) is 0 Å². The molecule has 7 heteroatoms. The van der Waals surface area contributed by atoms with Crippen LogP contribution in [0.2, 0.25) is 0 Å². The van der Waals surface area contributed by atoms with Crippen LogP contribution in [0.25, 0.3) is 0 Å². The van der Waals surface area contributed by atoms with Crippen LogP contribution in [-0.2, 0) is 0 Å². The minimum atomic E-state index is -2.08. The standard InChI is InChI=1S/CH2O3.FH.2K.H2O/c2-1(3)4;;;;/h(H2,2,3,4);1H;;;1H2/q;;2*+1;/p-2. The first-order valence-electron chi connectivity index (χ1n) is 0.632. The number of rotatable bonds is 0. The third-order valence-electron chi connectivity index (χ3n) is 0. The van der Waals surface area contributed by atoms with Crippen LogP contribution in [-0.4, -0.2) is 16.7 Å². The van der Waals surface area contributed by atoms with E-state index in [9.17, 15) is 0 Å².